The number of rotatable bonds is 6. The smallest absolute Gasteiger partial charge is 0.259 e. The first-order valence-electron chi connectivity index (χ1n) is 9.97. The Morgan fingerprint density at radius 2 is 1.67 bits per heavy atom. The molecule has 1 amide bonds. The van der Waals surface area contributed by atoms with E-state index in [1.807, 2.05) is 31.2 Å². The summed E-state index contributed by atoms with van der Waals surface area (Å²) in [6.07, 6.45) is 0. The number of hydrogen-bond donors (Lipinski definition) is 4. The fourth-order valence-corrected chi connectivity index (χ4v) is 4.00. The Balaban J connectivity index is 1.66. The summed E-state index contributed by atoms with van der Waals surface area (Å²) in [7, 11) is 0. The van der Waals surface area contributed by atoms with Crippen molar-refractivity contribution in [3.05, 3.63) is 94.5 Å². The fourth-order valence-electron chi connectivity index (χ4n) is 3.41. The van der Waals surface area contributed by atoms with Crippen LogP contribution in [0.15, 0.2) is 72.8 Å². The van der Waals surface area contributed by atoms with E-state index in [2.05, 4.69) is 16.2 Å². The van der Waals surface area contributed by atoms with Crippen molar-refractivity contribution in [2.24, 2.45) is 0 Å². The molecule has 6 nitrogen and oxygen atoms in total. The molecule has 0 unspecified atom stereocenters. The lowest BCUT2D eigenvalue weighted by molar-refractivity contribution is 0.102. The van der Waals surface area contributed by atoms with Crippen LogP contribution in [-0.4, -0.2) is 14.8 Å². The minimum Gasteiger partial charge on any atom is -0.505 e. The third-order valence-electron chi connectivity index (χ3n) is 5.15. The van der Waals surface area contributed by atoms with Gasteiger partial charge in [0.25, 0.3) is 5.91 Å². The van der Waals surface area contributed by atoms with Gasteiger partial charge in [0.15, 0.2) is 5.75 Å². The van der Waals surface area contributed by atoms with E-state index < -0.39 is 5.91 Å². The van der Waals surface area contributed by atoms with Crippen molar-refractivity contribution in [2.45, 2.75) is 6.92 Å². The zero-order chi connectivity index (χ0) is 23.5. The first-order valence-corrected chi connectivity index (χ1v) is 11.4. The molecule has 0 fully saturated rings. The molecule has 0 aliphatic heterocycles. The molecule has 0 heterocycles. The van der Waals surface area contributed by atoms with Gasteiger partial charge in [0.1, 0.15) is 5.69 Å². The number of phenols is 1. The van der Waals surface area contributed by atoms with E-state index in [-0.39, 0.29) is 15.1 Å². The van der Waals surface area contributed by atoms with Crippen LogP contribution < -0.4 is 16.2 Å². The highest BCUT2D eigenvalue weighted by Crippen LogP contribution is 2.37. The van der Waals surface area contributed by atoms with Gasteiger partial charge in [0, 0.05) is 44.3 Å². The predicted octanol–water partition coefficient (Wildman–Crippen LogP) is 6.77. The van der Waals surface area contributed by atoms with Gasteiger partial charge in [-0.25, -0.2) is 0 Å². The minimum atomic E-state index is -0.448. The van der Waals surface area contributed by atoms with Gasteiger partial charge >= 0.3 is 0 Å². The normalized spacial score (nSPS) is 10.6. The van der Waals surface area contributed by atoms with Crippen molar-refractivity contribution in [2.75, 3.05) is 16.2 Å². The lowest BCUT2D eigenvalue weighted by atomic mass is 10.0. The van der Waals surface area contributed by atoms with E-state index >= 15 is 0 Å². The Labute approximate surface area is 209 Å². The molecule has 4 N–H and O–H groups in total. The zero-order valence-electron chi connectivity index (χ0n) is 17.4. The summed E-state index contributed by atoms with van der Waals surface area (Å²) >= 11 is 7.74. The summed E-state index contributed by atoms with van der Waals surface area (Å²) in [6, 6.07) is 21.2. The first kappa shape index (κ1) is 22.9. The van der Waals surface area contributed by atoms with Crippen LogP contribution in [0.25, 0.3) is 10.8 Å². The molecule has 4 aromatic carbocycles. The van der Waals surface area contributed by atoms with Gasteiger partial charge in [-0.2, -0.15) is 0 Å². The topological polar surface area (TPSA) is 90.5 Å². The summed E-state index contributed by atoms with van der Waals surface area (Å²) in [5.74, 6) is -0.638. The largest absolute Gasteiger partial charge is 0.505 e. The molecule has 0 saturated heterocycles. The van der Waals surface area contributed by atoms with Crippen molar-refractivity contribution < 1.29 is 14.7 Å². The lowest BCUT2D eigenvalue weighted by Gasteiger charge is -2.17. The highest BCUT2D eigenvalue weighted by Gasteiger charge is 2.19. The number of carbonyl (C=O) groups is 2. The Morgan fingerprint density at radius 3 is 2.36 bits per heavy atom. The molecular formula is C25H19ClIN3O3. The van der Waals surface area contributed by atoms with E-state index in [1.54, 1.807) is 71.1 Å². The van der Waals surface area contributed by atoms with Crippen molar-refractivity contribution in [1.82, 2.24) is 0 Å². The summed E-state index contributed by atoms with van der Waals surface area (Å²) in [4.78, 5) is 24.5. The maximum absolute atomic E-state index is 13.1. The van der Waals surface area contributed by atoms with Crippen molar-refractivity contribution in [3.63, 3.8) is 0 Å². The SMILES string of the molecule is Cc1cc(Cl)ccc1NC(=O)c1cc2ccccc2c(NNc2ccc(C(=O)I)cc2)c1O. The predicted molar refractivity (Wildman–Crippen MR) is 142 cm³/mol. The van der Waals surface area contributed by atoms with E-state index in [4.69, 9.17) is 11.6 Å². The van der Waals surface area contributed by atoms with Crippen LogP contribution in [0.2, 0.25) is 5.02 Å². The molecule has 4 aromatic rings. The Morgan fingerprint density at radius 1 is 0.939 bits per heavy atom. The highest BCUT2D eigenvalue weighted by molar-refractivity contribution is 14.1. The number of carbonyl (C=O) groups excluding carboxylic acids is 2. The maximum Gasteiger partial charge on any atom is 0.259 e. The van der Waals surface area contributed by atoms with Crippen LogP contribution in [0.3, 0.4) is 0 Å². The van der Waals surface area contributed by atoms with Gasteiger partial charge in [0.2, 0.25) is 3.79 Å². The molecule has 166 valence electrons. The molecule has 0 radical (unpaired) electrons. The second-order valence-corrected chi connectivity index (χ2v) is 8.80. The van der Waals surface area contributed by atoms with Crippen molar-refractivity contribution in [3.8, 4) is 5.75 Å². The molecule has 8 heteroatoms. The van der Waals surface area contributed by atoms with Crippen molar-refractivity contribution in [1.29, 1.82) is 0 Å². The summed E-state index contributed by atoms with van der Waals surface area (Å²) in [5.41, 5.74) is 9.21. The van der Waals surface area contributed by atoms with Gasteiger partial charge in [-0.1, -0.05) is 35.9 Å². The number of aryl methyl sites for hydroxylation is 1. The quantitative estimate of drug-likeness (QED) is 0.0887. The van der Waals surface area contributed by atoms with Crippen LogP contribution in [0.1, 0.15) is 26.3 Å². The van der Waals surface area contributed by atoms with Gasteiger partial charge in [-0.05, 0) is 66.4 Å². The number of hydrogen-bond acceptors (Lipinski definition) is 5. The minimum absolute atomic E-state index is 0.0506. The average Bonchev–Trinajstić information content (AvgIpc) is 2.80. The third kappa shape index (κ3) is 5.04. The van der Waals surface area contributed by atoms with E-state index in [9.17, 15) is 14.7 Å². The van der Waals surface area contributed by atoms with Gasteiger partial charge < -0.3 is 15.8 Å². The van der Waals surface area contributed by atoms with E-state index in [0.717, 1.165) is 16.3 Å². The van der Waals surface area contributed by atoms with Crippen LogP contribution in [0.5, 0.6) is 5.75 Å². The Hall–Kier alpha value is -3.30. The molecular weight excluding hydrogens is 553 g/mol. The molecule has 0 aliphatic rings. The molecule has 0 saturated carbocycles. The number of halogens is 2. The summed E-state index contributed by atoms with van der Waals surface area (Å²) in [5, 5.41) is 15.9. The molecule has 0 spiro atoms. The fraction of sp³-hybridized carbons (Fsp3) is 0.0400. The molecule has 33 heavy (non-hydrogen) atoms. The number of nitrogens with one attached hydrogen (secondary N) is 3. The van der Waals surface area contributed by atoms with Gasteiger partial charge in [0.05, 0.1) is 11.3 Å². The standard InChI is InChI=1S/C25H19ClIN3O3/c1-14-12-17(26)8-11-21(14)28-25(33)20-13-16-4-2-3-5-19(16)22(23(20)31)30-29-18-9-6-15(7-10-18)24(27)32/h2-13,29-31H,1H3,(H,28,33). The van der Waals surface area contributed by atoms with E-state index in [1.165, 1.54) is 0 Å². The van der Waals surface area contributed by atoms with Crippen LogP contribution >= 0.6 is 34.2 Å². The van der Waals surface area contributed by atoms with Crippen LogP contribution in [0, 0.1) is 6.92 Å². The number of anilines is 3. The molecule has 0 aliphatic carbocycles. The monoisotopic (exact) mass is 571 g/mol. The van der Waals surface area contributed by atoms with Gasteiger partial charge in [-0.3, -0.25) is 15.0 Å². The molecule has 0 aromatic heterocycles. The van der Waals surface area contributed by atoms with Crippen molar-refractivity contribution >= 4 is 71.7 Å². The third-order valence-corrected chi connectivity index (χ3v) is 6.00. The van der Waals surface area contributed by atoms with Crippen LogP contribution in [0.4, 0.5) is 17.1 Å². The number of aromatic hydroxyl groups is 1. The number of fused-ring (bicyclic) bond motifs is 1. The maximum atomic E-state index is 13.1. The highest BCUT2D eigenvalue weighted by atomic mass is 127. The molecule has 4 rings (SSSR count). The summed E-state index contributed by atoms with van der Waals surface area (Å²) < 4.78 is -0.0506. The molecule has 0 bridgehead atoms. The first-order chi connectivity index (χ1) is 15.8. The lowest BCUT2D eigenvalue weighted by Crippen LogP contribution is -2.15. The van der Waals surface area contributed by atoms with Crippen LogP contribution in [-0.2, 0) is 0 Å². The number of phenolic OH excluding ortho intramolecular Hbond substituents is 1. The Kier molecular flexibility index (Phi) is 6.71. The number of hydrazine groups is 1. The second kappa shape index (κ2) is 9.68. The second-order valence-electron chi connectivity index (χ2n) is 7.38. The number of benzene rings is 4. The van der Waals surface area contributed by atoms with E-state index in [0.29, 0.717) is 27.6 Å². The number of amides is 1. The summed E-state index contributed by atoms with van der Waals surface area (Å²) in [6.45, 7) is 1.84. The average molecular weight is 572 g/mol. The van der Waals surface area contributed by atoms with Gasteiger partial charge in [-0.15, -0.1) is 0 Å². The Bertz CT molecular complexity index is 1370. The zero-order valence-corrected chi connectivity index (χ0v) is 20.4. The molecule has 0 atom stereocenters.